The van der Waals surface area contributed by atoms with Crippen molar-refractivity contribution in [2.45, 2.75) is 0 Å². The standard InChI is InChI=1S/C5H12O4.B2H4O3/c6-1-5(2-7,3-8)4-9;3-1-5-2-4/h6-9H,1-4H2;1-4H. The molecule has 0 aliphatic carbocycles. The van der Waals surface area contributed by atoms with Gasteiger partial charge in [0.05, 0.1) is 31.8 Å². The van der Waals surface area contributed by atoms with E-state index in [4.69, 9.17) is 30.5 Å². The van der Waals surface area contributed by atoms with Gasteiger partial charge in [-0.3, -0.25) is 0 Å². The van der Waals surface area contributed by atoms with Crippen LogP contribution in [-0.2, 0) is 4.57 Å². The molecule has 0 radical (unpaired) electrons. The first-order valence-electron chi connectivity index (χ1n) is 3.89. The largest absolute Gasteiger partial charge is 0.457 e. The van der Waals surface area contributed by atoms with Crippen molar-refractivity contribution < 1.29 is 35.0 Å². The lowest BCUT2D eigenvalue weighted by atomic mass is 9.93. The van der Waals surface area contributed by atoms with Crippen LogP contribution in [0.5, 0.6) is 0 Å². The van der Waals surface area contributed by atoms with Crippen molar-refractivity contribution in [3.05, 3.63) is 0 Å². The Morgan fingerprint density at radius 1 is 0.786 bits per heavy atom. The fraction of sp³-hybridized carbons (Fsp3) is 1.00. The van der Waals surface area contributed by atoms with Crippen LogP contribution < -0.4 is 0 Å². The highest BCUT2D eigenvalue weighted by Gasteiger charge is 2.26. The summed E-state index contributed by atoms with van der Waals surface area (Å²) in [6.45, 7) is -1.62. The van der Waals surface area contributed by atoms with Gasteiger partial charge >= 0.3 is 15.4 Å². The maximum atomic E-state index is 8.50. The van der Waals surface area contributed by atoms with Crippen molar-refractivity contribution in [1.29, 1.82) is 0 Å². The van der Waals surface area contributed by atoms with E-state index in [1.165, 1.54) is 0 Å². The molecule has 0 atom stereocenters. The molecule has 0 amide bonds. The zero-order chi connectivity index (χ0) is 11.4. The van der Waals surface area contributed by atoms with Crippen LogP contribution in [0.15, 0.2) is 0 Å². The summed E-state index contributed by atoms with van der Waals surface area (Å²) in [7, 11) is -0.812. The molecule has 0 rings (SSSR count). The molecule has 0 spiro atoms. The minimum absolute atomic E-state index is 0.406. The smallest absolute Gasteiger partial charge is 0.421 e. The molecule has 0 heterocycles. The van der Waals surface area contributed by atoms with Crippen LogP contribution in [0.25, 0.3) is 0 Å². The molecular formula is C5H16B2O7. The highest BCUT2D eigenvalue weighted by atomic mass is 16.5. The molecule has 0 fully saturated rings. The zero-order valence-electron chi connectivity index (χ0n) is 7.83. The number of aliphatic hydroxyl groups is 4. The fourth-order valence-electron chi connectivity index (χ4n) is 0.341. The molecule has 7 nitrogen and oxygen atoms in total. The van der Waals surface area contributed by atoms with Crippen molar-refractivity contribution in [2.24, 2.45) is 5.41 Å². The van der Waals surface area contributed by atoms with E-state index in [-0.39, 0.29) is 0 Å². The van der Waals surface area contributed by atoms with Gasteiger partial charge in [0.2, 0.25) is 0 Å². The first-order chi connectivity index (χ1) is 6.66. The summed E-state index contributed by atoms with van der Waals surface area (Å²) >= 11 is 0. The maximum Gasteiger partial charge on any atom is 0.421 e. The van der Waals surface area contributed by atoms with Gasteiger partial charge in [-0.1, -0.05) is 0 Å². The third-order valence-electron chi connectivity index (χ3n) is 1.52. The maximum absolute atomic E-state index is 8.50. The molecule has 0 aliphatic heterocycles. The predicted molar refractivity (Wildman–Crippen MR) is 50.6 cm³/mol. The van der Waals surface area contributed by atoms with Gasteiger partial charge in [0.25, 0.3) is 0 Å². The van der Waals surface area contributed by atoms with E-state index >= 15 is 0 Å². The van der Waals surface area contributed by atoms with Gasteiger partial charge in [0.1, 0.15) is 0 Å². The van der Waals surface area contributed by atoms with Gasteiger partial charge in [0, 0.05) is 0 Å². The topological polar surface area (TPSA) is 131 Å². The first kappa shape index (κ1) is 16.3. The lowest BCUT2D eigenvalue weighted by Crippen LogP contribution is -2.37. The van der Waals surface area contributed by atoms with Crippen LogP contribution in [0, 0.1) is 5.41 Å². The van der Waals surface area contributed by atoms with Crippen LogP contribution >= 0.6 is 0 Å². The summed E-state index contributed by atoms with van der Waals surface area (Å²) in [5.74, 6) is 0. The molecule has 0 aliphatic rings. The third kappa shape index (κ3) is 7.27. The molecule has 14 heavy (non-hydrogen) atoms. The molecule has 0 unspecified atom stereocenters. The van der Waals surface area contributed by atoms with Gasteiger partial charge < -0.3 is 35.0 Å². The van der Waals surface area contributed by atoms with Crippen LogP contribution in [0.3, 0.4) is 0 Å². The second-order valence-corrected chi connectivity index (χ2v) is 2.59. The highest BCUT2D eigenvalue weighted by molar-refractivity contribution is 6.32. The summed E-state index contributed by atoms with van der Waals surface area (Å²) in [5, 5.41) is 49.4. The molecule has 0 saturated carbocycles. The quantitative estimate of drug-likeness (QED) is 0.243. The molecule has 0 aromatic heterocycles. The first-order valence-corrected chi connectivity index (χ1v) is 3.89. The lowest BCUT2D eigenvalue weighted by Gasteiger charge is -2.23. The van der Waals surface area contributed by atoms with Crippen molar-refractivity contribution in [1.82, 2.24) is 0 Å². The molecule has 6 N–H and O–H groups in total. The fourth-order valence-corrected chi connectivity index (χ4v) is 0.341. The van der Waals surface area contributed by atoms with Crippen LogP contribution in [0.4, 0.5) is 0 Å². The summed E-state index contributed by atoms with van der Waals surface area (Å²) in [6.07, 6.45) is 0. The monoisotopic (exact) mass is 210 g/mol. The number of rotatable bonds is 6. The predicted octanol–water partition coefficient (Wildman–Crippen LogP) is -4.54. The summed E-state index contributed by atoms with van der Waals surface area (Å²) in [6, 6.07) is 0. The summed E-state index contributed by atoms with van der Waals surface area (Å²) in [5.41, 5.74) is -1.11. The Kier molecular flexibility index (Phi) is 12.7. The van der Waals surface area contributed by atoms with Gasteiger partial charge in [-0.15, -0.1) is 0 Å². The normalized spacial score (nSPS) is 10.1. The second-order valence-electron chi connectivity index (χ2n) is 2.59. The van der Waals surface area contributed by atoms with E-state index in [1.54, 1.807) is 0 Å². The lowest BCUT2D eigenvalue weighted by molar-refractivity contribution is -0.0328. The Morgan fingerprint density at radius 2 is 1.07 bits per heavy atom. The van der Waals surface area contributed by atoms with Crippen molar-refractivity contribution in [3.8, 4) is 0 Å². The second kappa shape index (κ2) is 10.9. The molecule has 84 valence electrons. The van der Waals surface area contributed by atoms with Gasteiger partial charge in [-0.2, -0.15) is 0 Å². The Balaban J connectivity index is 0. The van der Waals surface area contributed by atoms with Gasteiger partial charge in [-0.25, -0.2) is 0 Å². The number of aliphatic hydroxyl groups excluding tert-OH is 4. The average molecular weight is 210 g/mol. The van der Waals surface area contributed by atoms with E-state index < -0.39 is 47.2 Å². The van der Waals surface area contributed by atoms with Crippen LogP contribution in [0.2, 0.25) is 0 Å². The molecule has 0 aromatic carbocycles. The zero-order valence-corrected chi connectivity index (χ0v) is 7.83. The third-order valence-corrected chi connectivity index (χ3v) is 1.52. The Labute approximate surface area is 83.2 Å². The summed E-state index contributed by atoms with van der Waals surface area (Å²) in [4.78, 5) is 0. The van der Waals surface area contributed by atoms with E-state index in [0.717, 1.165) is 0 Å². The van der Waals surface area contributed by atoms with Crippen molar-refractivity contribution in [3.63, 3.8) is 0 Å². The summed E-state index contributed by atoms with van der Waals surface area (Å²) < 4.78 is 3.94. The van der Waals surface area contributed by atoms with Crippen molar-refractivity contribution in [2.75, 3.05) is 26.4 Å². The van der Waals surface area contributed by atoms with Gasteiger partial charge in [0.15, 0.2) is 0 Å². The molecule has 9 heteroatoms. The van der Waals surface area contributed by atoms with E-state index in [2.05, 4.69) is 4.57 Å². The Hall–Kier alpha value is -0.150. The van der Waals surface area contributed by atoms with Crippen molar-refractivity contribution >= 4 is 15.4 Å². The minimum atomic E-state index is -1.11. The van der Waals surface area contributed by atoms with Crippen LogP contribution in [0.1, 0.15) is 0 Å². The molecule has 0 bridgehead atoms. The molecule has 0 aromatic rings. The Bertz CT molecular complexity index is 90.7. The van der Waals surface area contributed by atoms with E-state index in [9.17, 15) is 0 Å². The molecule has 0 saturated heterocycles. The number of hydrogen-bond donors (Lipinski definition) is 6. The van der Waals surface area contributed by atoms with E-state index in [1.807, 2.05) is 0 Å². The Morgan fingerprint density at radius 3 is 1.07 bits per heavy atom. The number of hydrogen-bond acceptors (Lipinski definition) is 7. The SMILES string of the molecule is OBOBO.OCC(CO)(CO)CO. The molecular weight excluding hydrogens is 194 g/mol. The van der Waals surface area contributed by atoms with Crippen LogP contribution in [-0.4, -0.2) is 72.3 Å². The van der Waals surface area contributed by atoms with E-state index in [0.29, 0.717) is 0 Å². The minimum Gasteiger partial charge on any atom is -0.457 e. The highest BCUT2D eigenvalue weighted by Crippen LogP contribution is 2.11. The van der Waals surface area contributed by atoms with Gasteiger partial charge in [-0.05, 0) is 0 Å². The average Bonchev–Trinajstić information content (AvgIpc) is 2.24.